The minimum Gasteiger partial charge on any atom is -0.393 e. The molecule has 0 amide bonds. The summed E-state index contributed by atoms with van der Waals surface area (Å²) in [5.41, 5.74) is 3.66. The maximum Gasteiger partial charge on any atom is 0.193 e. The third kappa shape index (κ3) is 5.54. The summed E-state index contributed by atoms with van der Waals surface area (Å²) in [6.07, 6.45) is 11.1. The van der Waals surface area contributed by atoms with Crippen molar-refractivity contribution in [2.75, 3.05) is 19.6 Å². The lowest BCUT2D eigenvalue weighted by molar-refractivity contribution is -0.0857. The highest BCUT2D eigenvalue weighted by atomic mass is 16.3. The molecule has 4 unspecified atom stereocenters. The molecule has 1 aliphatic heterocycles. The lowest BCUT2D eigenvalue weighted by Gasteiger charge is -2.46. The van der Waals surface area contributed by atoms with Crippen molar-refractivity contribution in [3.63, 3.8) is 0 Å². The molecule has 38 heavy (non-hydrogen) atoms. The van der Waals surface area contributed by atoms with E-state index in [0.29, 0.717) is 18.4 Å². The highest BCUT2D eigenvalue weighted by Gasteiger charge is 2.57. The molecule has 2 N–H and O–H groups in total. The van der Waals surface area contributed by atoms with Gasteiger partial charge in [-0.3, -0.25) is 4.79 Å². The van der Waals surface area contributed by atoms with Gasteiger partial charge in [0.15, 0.2) is 5.78 Å². The molecule has 0 aromatic heterocycles. The first kappa shape index (κ1) is 27.3. The molecule has 2 aromatic rings. The number of piperidine rings is 1. The topological polar surface area (TPSA) is 60.8 Å². The molecule has 2 aromatic carbocycles. The van der Waals surface area contributed by atoms with Crippen LogP contribution in [0.25, 0.3) is 0 Å². The average molecular weight is 516 g/mol. The molecule has 2 bridgehead atoms. The van der Waals surface area contributed by atoms with Crippen LogP contribution in [0.1, 0.15) is 105 Å². The summed E-state index contributed by atoms with van der Waals surface area (Å²) in [7, 11) is 0. The van der Waals surface area contributed by atoms with Crippen molar-refractivity contribution in [1.82, 2.24) is 4.90 Å². The zero-order valence-corrected chi connectivity index (χ0v) is 23.3. The first-order valence-corrected chi connectivity index (χ1v) is 14.8. The smallest absolute Gasteiger partial charge is 0.193 e. The second-order valence-electron chi connectivity index (χ2n) is 12.5. The van der Waals surface area contributed by atoms with Crippen LogP contribution in [0.15, 0.2) is 60.2 Å². The molecule has 4 nitrogen and oxygen atoms in total. The Balaban J connectivity index is 1.59. The number of rotatable bonds is 4. The summed E-state index contributed by atoms with van der Waals surface area (Å²) in [5.74, 6) is 0.129. The number of likely N-dealkylation sites (tertiary alicyclic amines) is 1. The van der Waals surface area contributed by atoms with E-state index in [-0.39, 0.29) is 17.1 Å². The predicted octanol–water partition coefficient (Wildman–Crippen LogP) is 6.44. The summed E-state index contributed by atoms with van der Waals surface area (Å²) < 4.78 is 0. The monoisotopic (exact) mass is 515 g/mol. The summed E-state index contributed by atoms with van der Waals surface area (Å²) in [4.78, 5) is 16.4. The molecular weight excluding hydrogens is 470 g/mol. The number of hydrogen-bond donors (Lipinski definition) is 2. The zero-order valence-electron chi connectivity index (χ0n) is 23.3. The quantitative estimate of drug-likeness (QED) is 0.363. The Morgan fingerprint density at radius 1 is 1.03 bits per heavy atom. The first-order chi connectivity index (χ1) is 18.3. The number of nitrogens with zero attached hydrogens (tertiary/aromatic N) is 1. The first-order valence-electron chi connectivity index (χ1n) is 14.8. The Kier molecular flexibility index (Phi) is 8.23. The lowest BCUT2D eigenvalue weighted by atomic mass is 9.64. The molecule has 0 spiro atoms. The van der Waals surface area contributed by atoms with Crippen molar-refractivity contribution in [2.45, 2.75) is 95.7 Å². The van der Waals surface area contributed by atoms with E-state index in [2.05, 4.69) is 37.0 Å². The van der Waals surface area contributed by atoms with Gasteiger partial charge in [-0.1, -0.05) is 67.5 Å². The second kappa shape index (κ2) is 11.5. The molecule has 4 heteroatoms. The molecule has 2 fully saturated rings. The molecule has 204 valence electrons. The van der Waals surface area contributed by atoms with E-state index in [1.54, 1.807) is 0 Å². The van der Waals surface area contributed by atoms with Gasteiger partial charge in [-0.15, -0.1) is 0 Å². The Hall–Kier alpha value is -2.27. The predicted molar refractivity (Wildman–Crippen MR) is 154 cm³/mol. The number of aliphatic hydroxyl groups is 2. The fraction of sp³-hybridized carbons (Fsp3) is 0.559. The van der Waals surface area contributed by atoms with Gasteiger partial charge in [0.2, 0.25) is 0 Å². The van der Waals surface area contributed by atoms with E-state index < -0.39 is 11.7 Å². The normalized spacial score (nSPS) is 30.9. The van der Waals surface area contributed by atoms with Gasteiger partial charge in [-0.25, -0.2) is 0 Å². The van der Waals surface area contributed by atoms with Crippen LogP contribution in [0, 0.1) is 5.41 Å². The van der Waals surface area contributed by atoms with Crippen molar-refractivity contribution in [2.24, 2.45) is 5.41 Å². The van der Waals surface area contributed by atoms with Gasteiger partial charge in [0, 0.05) is 23.1 Å². The summed E-state index contributed by atoms with van der Waals surface area (Å²) in [5, 5.41) is 23.2. The molecule has 1 heterocycles. The van der Waals surface area contributed by atoms with Gasteiger partial charge in [0.05, 0.1) is 11.7 Å². The molecule has 3 aliphatic carbocycles. The lowest BCUT2D eigenvalue weighted by Crippen LogP contribution is -2.53. The van der Waals surface area contributed by atoms with Gasteiger partial charge < -0.3 is 15.1 Å². The maximum atomic E-state index is 13.9. The van der Waals surface area contributed by atoms with Crippen LogP contribution >= 0.6 is 0 Å². The summed E-state index contributed by atoms with van der Waals surface area (Å²) >= 11 is 0. The maximum absolute atomic E-state index is 13.9. The Morgan fingerprint density at radius 3 is 2.55 bits per heavy atom. The van der Waals surface area contributed by atoms with Gasteiger partial charge in [-0.05, 0) is 101 Å². The molecule has 0 radical (unpaired) electrons. The molecule has 4 aliphatic rings. The molecule has 1 saturated heterocycles. The van der Waals surface area contributed by atoms with Crippen LogP contribution in [0.4, 0.5) is 0 Å². The van der Waals surface area contributed by atoms with E-state index in [1.165, 1.54) is 24.8 Å². The van der Waals surface area contributed by atoms with Crippen LogP contribution < -0.4 is 0 Å². The van der Waals surface area contributed by atoms with Crippen molar-refractivity contribution in [3.8, 4) is 0 Å². The number of ketones is 1. The van der Waals surface area contributed by atoms with Crippen LogP contribution in [-0.4, -0.2) is 52.2 Å². The Morgan fingerprint density at radius 2 is 1.79 bits per heavy atom. The molecule has 4 atom stereocenters. The van der Waals surface area contributed by atoms with E-state index >= 15 is 0 Å². The fourth-order valence-corrected chi connectivity index (χ4v) is 7.43. The molecular formula is C34H45NO3. The van der Waals surface area contributed by atoms with Crippen LogP contribution in [0.2, 0.25) is 0 Å². The number of allylic oxidation sites excluding steroid dienone is 2. The van der Waals surface area contributed by atoms with Crippen LogP contribution in [-0.2, 0) is 6.42 Å². The van der Waals surface area contributed by atoms with Crippen molar-refractivity contribution < 1.29 is 15.0 Å². The highest BCUT2D eigenvalue weighted by molar-refractivity contribution is 6.10. The fourth-order valence-electron chi connectivity index (χ4n) is 7.43. The minimum atomic E-state index is -0.796. The largest absolute Gasteiger partial charge is 0.393 e. The third-order valence-electron chi connectivity index (χ3n) is 9.89. The number of fused-ring (bicyclic) bond motifs is 8. The van der Waals surface area contributed by atoms with Gasteiger partial charge in [0.25, 0.3) is 0 Å². The van der Waals surface area contributed by atoms with Crippen molar-refractivity contribution in [1.29, 1.82) is 0 Å². The van der Waals surface area contributed by atoms with Crippen LogP contribution in [0.3, 0.4) is 0 Å². The van der Waals surface area contributed by atoms with Gasteiger partial charge >= 0.3 is 0 Å². The van der Waals surface area contributed by atoms with Crippen molar-refractivity contribution in [3.05, 3.63) is 82.4 Å². The van der Waals surface area contributed by atoms with E-state index in [4.69, 9.17) is 0 Å². The van der Waals surface area contributed by atoms with Gasteiger partial charge in [0.1, 0.15) is 0 Å². The zero-order chi connectivity index (χ0) is 26.8. The SMILES string of the molecule is CC1=CCCC2(C)C(CCC2(O)CN2CCCCC2)c2ccc(cc2C(=O)c2ccccc2)CC(O)CC1. The van der Waals surface area contributed by atoms with Crippen LogP contribution in [0.5, 0.6) is 0 Å². The Bertz CT molecular complexity index is 1150. The number of hydrogen-bond acceptors (Lipinski definition) is 4. The van der Waals surface area contributed by atoms with Gasteiger partial charge in [-0.2, -0.15) is 0 Å². The minimum absolute atomic E-state index is 0.0357. The second-order valence-corrected chi connectivity index (χ2v) is 12.5. The highest BCUT2D eigenvalue weighted by Crippen LogP contribution is 2.59. The average Bonchev–Trinajstić information content (AvgIpc) is 3.17. The Labute approximate surface area is 228 Å². The molecule has 6 rings (SSSR count). The number of aliphatic hydroxyl groups excluding tert-OH is 1. The number of carbonyl (C=O) groups is 1. The summed E-state index contributed by atoms with van der Waals surface area (Å²) in [6.45, 7) is 7.30. The number of benzene rings is 2. The van der Waals surface area contributed by atoms with E-state index in [1.807, 2.05) is 36.4 Å². The molecule has 1 saturated carbocycles. The number of carbonyl (C=O) groups excluding carboxylic acids is 1. The van der Waals surface area contributed by atoms with E-state index in [9.17, 15) is 15.0 Å². The third-order valence-corrected chi connectivity index (χ3v) is 9.89. The van der Waals surface area contributed by atoms with E-state index in [0.717, 1.165) is 68.4 Å². The summed E-state index contributed by atoms with van der Waals surface area (Å²) in [6, 6.07) is 15.8. The number of β-amino-alcohol motifs (C(OH)–C–C–N with tert-alkyl or cyclic N) is 1. The van der Waals surface area contributed by atoms with Crippen molar-refractivity contribution >= 4 is 5.78 Å². The standard InChI is InChI=1S/C34H45NO3/c1-25-10-9-18-33(2)31(17-19-34(33,38)24-35-20-7-4-8-21-35)29-16-14-26(22-28(36)15-13-25)23-30(29)32(37)27-11-5-3-6-12-27/h3,5-6,10-12,14,16,23,28,31,36,38H,4,7-9,13,15,17-22,24H2,1-2H3.